The van der Waals surface area contributed by atoms with E-state index in [-0.39, 0.29) is 18.3 Å². The van der Waals surface area contributed by atoms with Gasteiger partial charge in [-0.1, -0.05) is 48.5 Å². The highest BCUT2D eigenvalue weighted by molar-refractivity contribution is 5.85. The monoisotopic (exact) mass is 361 g/mol. The fourth-order valence-corrected chi connectivity index (χ4v) is 3.19. The lowest BCUT2D eigenvalue weighted by Crippen LogP contribution is -2.40. The lowest BCUT2D eigenvalue weighted by molar-refractivity contribution is -0.143. The lowest BCUT2D eigenvalue weighted by Gasteiger charge is -2.30. The summed E-state index contributed by atoms with van der Waals surface area (Å²) in [5.74, 6) is -0.0547. The smallest absolute Gasteiger partial charge is 0.307 e. The number of para-hydroxylation sites is 1. The third kappa shape index (κ3) is 5.21. The number of carboxylic acid groups (broad SMARTS) is 1. The molecule has 1 aliphatic heterocycles. The molecule has 3 rings (SSSR count). The summed E-state index contributed by atoms with van der Waals surface area (Å²) in [5, 5.41) is 9.16. The second kappa shape index (κ2) is 9.44. The molecule has 1 heterocycles. The molecule has 0 radical (unpaired) electrons. The Labute approximate surface area is 154 Å². The molecule has 25 heavy (non-hydrogen) atoms. The van der Waals surface area contributed by atoms with Crippen molar-refractivity contribution >= 4 is 18.4 Å². The molecule has 0 saturated carbocycles. The summed E-state index contributed by atoms with van der Waals surface area (Å²) < 4.78 is 6.00. The quantitative estimate of drug-likeness (QED) is 0.846. The molecule has 134 valence electrons. The van der Waals surface area contributed by atoms with Crippen molar-refractivity contribution in [2.75, 3.05) is 26.2 Å². The molecule has 5 heteroatoms. The van der Waals surface area contributed by atoms with Crippen LogP contribution in [0.4, 0.5) is 0 Å². The van der Waals surface area contributed by atoms with Gasteiger partial charge in [0.25, 0.3) is 0 Å². The zero-order valence-corrected chi connectivity index (χ0v) is 15.0. The number of ether oxygens (including phenoxy) is 1. The standard InChI is InChI=1S/C20H23NO3.ClH/c22-20(23)17-9-6-12-21(15-17)13-14-24-19-11-5-4-10-18(19)16-7-2-1-3-8-16;/h1-5,7-8,10-11,17H,6,9,12-15H2,(H,22,23);1H. The number of rotatable bonds is 6. The highest BCUT2D eigenvalue weighted by atomic mass is 35.5. The van der Waals surface area contributed by atoms with Crippen molar-refractivity contribution in [3.05, 3.63) is 54.6 Å². The largest absolute Gasteiger partial charge is 0.492 e. The molecule has 0 aromatic heterocycles. The van der Waals surface area contributed by atoms with Crippen molar-refractivity contribution in [2.45, 2.75) is 12.8 Å². The van der Waals surface area contributed by atoms with Crippen molar-refractivity contribution in [2.24, 2.45) is 5.92 Å². The molecule has 1 unspecified atom stereocenters. The van der Waals surface area contributed by atoms with Crippen LogP contribution in [-0.4, -0.2) is 42.2 Å². The Morgan fingerprint density at radius 3 is 2.60 bits per heavy atom. The molecule has 4 nitrogen and oxygen atoms in total. The van der Waals surface area contributed by atoms with Gasteiger partial charge in [0.2, 0.25) is 0 Å². The summed E-state index contributed by atoms with van der Waals surface area (Å²) in [6, 6.07) is 18.2. The van der Waals surface area contributed by atoms with Crippen LogP contribution in [0.15, 0.2) is 54.6 Å². The van der Waals surface area contributed by atoms with Gasteiger partial charge in [0.1, 0.15) is 12.4 Å². The Hall–Kier alpha value is -2.04. The van der Waals surface area contributed by atoms with Gasteiger partial charge in [0.15, 0.2) is 0 Å². The average molecular weight is 362 g/mol. The van der Waals surface area contributed by atoms with Crippen LogP contribution in [0, 0.1) is 5.92 Å². The molecule has 1 aliphatic rings. The minimum Gasteiger partial charge on any atom is -0.492 e. The van der Waals surface area contributed by atoms with Gasteiger partial charge < -0.3 is 9.84 Å². The summed E-state index contributed by atoms with van der Waals surface area (Å²) in [4.78, 5) is 13.3. The van der Waals surface area contributed by atoms with Crippen LogP contribution < -0.4 is 4.74 Å². The van der Waals surface area contributed by atoms with E-state index in [9.17, 15) is 4.79 Å². The third-order valence-electron chi connectivity index (χ3n) is 4.49. The van der Waals surface area contributed by atoms with Gasteiger partial charge in [-0.15, -0.1) is 12.4 Å². The van der Waals surface area contributed by atoms with Crippen LogP contribution in [0.3, 0.4) is 0 Å². The van der Waals surface area contributed by atoms with Crippen molar-refractivity contribution < 1.29 is 14.6 Å². The van der Waals surface area contributed by atoms with Crippen molar-refractivity contribution in [3.8, 4) is 16.9 Å². The number of carbonyl (C=O) groups is 1. The van der Waals surface area contributed by atoms with Crippen LogP contribution in [0.2, 0.25) is 0 Å². The minimum atomic E-state index is -0.685. The first-order valence-corrected chi connectivity index (χ1v) is 8.46. The number of halogens is 1. The fraction of sp³-hybridized carbons (Fsp3) is 0.350. The number of piperidine rings is 1. The van der Waals surface area contributed by atoms with E-state index in [0.717, 1.165) is 42.8 Å². The maximum atomic E-state index is 11.1. The van der Waals surface area contributed by atoms with Gasteiger partial charge in [-0.05, 0) is 31.0 Å². The SMILES string of the molecule is Cl.O=C(O)C1CCCN(CCOc2ccccc2-c2ccccc2)C1. The van der Waals surface area contributed by atoms with E-state index >= 15 is 0 Å². The molecule has 2 aromatic carbocycles. The Morgan fingerprint density at radius 1 is 1.12 bits per heavy atom. The molecular weight excluding hydrogens is 338 g/mol. The number of hydrogen-bond donors (Lipinski definition) is 1. The first-order chi connectivity index (χ1) is 11.7. The highest BCUT2D eigenvalue weighted by Gasteiger charge is 2.25. The topological polar surface area (TPSA) is 49.8 Å². The molecule has 1 fully saturated rings. The van der Waals surface area contributed by atoms with Gasteiger partial charge >= 0.3 is 5.97 Å². The second-order valence-electron chi connectivity index (χ2n) is 6.19. The fourth-order valence-electron chi connectivity index (χ4n) is 3.19. The number of nitrogens with zero attached hydrogens (tertiary/aromatic N) is 1. The van der Waals surface area contributed by atoms with Crippen LogP contribution in [0.5, 0.6) is 5.75 Å². The number of carboxylic acids is 1. The summed E-state index contributed by atoms with van der Waals surface area (Å²) in [6.07, 6.45) is 1.72. The van der Waals surface area contributed by atoms with Crippen LogP contribution in [-0.2, 0) is 4.79 Å². The normalized spacial score (nSPS) is 17.5. The van der Waals surface area contributed by atoms with Gasteiger partial charge in [-0.2, -0.15) is 0 Å². The van der Waals surface area contributed by atoms with E-state index in [1.165, 1.54) is 0 Å². The Morgan fingerprint density at radius 2 is 1.84 bits per heavy atom. The Balaban J connectivity index is 0.00000225. The zero-order valence-electron chi connectivity index (χ0n) is 14.1. The van der Waals surface area contributed by atoms with E-state index in [1.807, 2.05) is 36.4 Å². The first kappa shape index (κ1) is 19.3. The zero-order chi connectivity index (χ0) is 16.8. The Bertz CT molecular complexity index is 678. The summed E-state index contributed by atoms with van der Waals surface area (Å²) >= 11 is 0. The molecule has 0 bridgehead atoms. The molecular formula is C20H24ClNO3. The summed E-state index contributed by atoms with van der Waals surface area (Å²) in [6.45, 7) is 2.90. The highest BCUT2D eigenvalue weighted by Crippen LogP contribution is 2.29. The van der Waals surface area contributed by atoms with Gasteiger partial charge in [0.05, 0.1) is 5.92 Å². The number of benzene rings is 2. The number of likely N-dealkylation sites (tertiary alicyclic amines) is 1. The predicted octanol–water partition coefficient (Wildman–Crippen LogP) is 3.95. The van der Waals surface area contributed by atoms with Gasteiger partial charge in [-0.3, -0.25) is 9.69 Å². The first-order valence-electron chi connectivity index (χ1n) is 8.46. The van der Waals surface area contributed by atoms with Gasteiger partial charge in [0, 0.05) is 18.7 Å². The van der Waals surface area contributed by atoms with Crippen molar-refractivity contribution in [1.82, 2.24) is 4.90 Å². The summed E-state index contributed by atoms with van der Waals surface area (Å²) in [5.41, 5.74) is 2.22. The van der Waals surface area contributed by atoms with E-state index in [4.69, 9.17) is 9.84 Å². The predicted molar refractivity (Wildman–Crippen MR) is 101 cm³/mol. The van der Waals surface area contributed by atoms with Crippen LogP contribution >= 0.6 is 12.4 Å². The molecule has 1 N–H and O–H groups in total. The molecule has 1 atom stereocenters. The van der Waals surface area contributed by atoms with E-state index < -0.39 is 5.97 Å². The molecule has 0 aliphatic carbocycles. The van der Waals surface area contributed by atoms with E-state index in [2.05, 4.69) is 23.1 Å². The van der Waals surface area contributed by atoms with Crippen LogP contribution in [0.1, 0.15) is 12.8 Å². The molecule has 2 aromatic rings. The lowest BCUT2D eigenvalue weighted by atomic mass is 9.98. The number of hydrogen-bond acceptors (Lipinski definition) is 3. The maximum Gasteiger partial charge on any atom is 0.307 e. The molecule has 0 spiro atoms. The van der Waals surface area contributed by atoms with Gasteiger partial charge in [-0.25, -0.2) is 0 Å². The second-order valence-corrected chi connectivity index (χ2v) is 6.19. The molecule has 1 saturated heterocycles. The molecule has 0 amide bonds. The third-order valence-corrected chi connectivity index (χ3v) is 4.49. The maximum absolute atomic E-state index is 11.1. The average Bonchev–Trinajstić information content (AvgIpc) is 2.63. The van der Waals surface area contributed by atoms with Crippen molar-refractivity contribution in [3.63, 3.8) is 0 Å². The van der Waals surface area contributed by atoms with Crippen LogP contribution in [0.25, 0.3) is 11.1 Å². The van der Waals surface area contributed by atoms with E-state index in [1.54, 1.807) is 0 Å². The Kier molecular flexibility index (Phi) is 7.29. The summed E-state index contributed by atoms with van der Waals surface area (Å²) in [7, 11) is 0. The number of aliphatic carboxylic acids is 1. The van der Waals surface area contributed by atoms with E-state index in [0.29, 0.717) is 13.2 Å². The van der Waals surface area contributed by atoms with Crippen molar-refractivity contribution in [1.29, 1.82) is 0 Å². The minimum absolute atomic E-state index is 0.